The molecule has 3 aromatic rings. The Bertz CT molecular complexity index is 1490. The summed E-state index contributed by atoms with van der Waals surface area (Å²) in [7, 11) is -1.97. The second-order valence-corrected chi connectivity index (χ2v) is 13.1. The fourth-order valence-corrected chi connectivity index (χ4v) is 6.88. The van der Waals surface area contributed by atoms with Crippen LogP contribution in [0.2, 0.25) is 0 Å². The lowest BCUT2D eigenvalue weighted by molar-refractivity contribution is -0.122. The fraction of sp³-hybridized carbons (Fsp3) is 0.484. The first-order chi connectivity index (χ1) is 20.7. The zero-order chi connectivity index (χ0) is 31.0. The van der Waals surface area contributed by atoms with E-state index in [2.05, 4.69) is 17.6 Å². The van der Waals surface area contributed by atoms with Crippen molar-refractivity contribution in [2.24, 2.45) is 0 Å². The van der Waals surface area contributed by atoms with Gasteiger partial charge in [0.1, 0.15) is 0 Å². The van der Waals surface area contributed by atoms with Gasteiger partial charge in [-0.1, -0.05) is 43.7 Å². The Morgan fingerprint density at radius 3 is 2.56 bits per heavy atom. The summed E-state index contributed by atoms with van der Waals surface area (Å²) in [5.41, 5.74) is 3.83. The summed E-state index contributed by atoms with van der Waals surface area (Å²) >= 11 is 0. The van der Waals surface area contributed by atoms with E-state index < -0.39 is 22.2 Å². The van der Waals surface area contributed by atoms with Crippen LogP contribution in [0, 0.1) is 0 Å². The number of ether oxygens (including phenoxy) is 1. The van der Waals surface area contributed by atoms with Gasteiger partial charge in [0, 0.05) is 56.5 Å². The minimum absolute atomic E-state index is 0.000512. The highest BCUT2D eigenvalue weighted by molar-refractivity contribution is 7.92. The van der Waals surface area contributed by atoms with Crippen molar-refractivity contribution in [2.75, 3.05) is 36.9 Å². The minimum Gasteiger partial charge on any atom is -0.483 e. The first kappa shape index (κ1) is 32.5. The van der Waals surface area contributed by atoms with Gasteiger partial charge in [0.25, 0.3) is 12.4 Å². The Morgan fingerprint density at radius 1 is 1.19 bits per heavy atom. The number of carbonyl (C=O) groups excluding carboxylic acids is 1. The van der Waals surface area contributed by atoms with Gasteiger partial charge in [0.05, 0.1) is 29.1 Å². The maximum absolute atomic E-state index is 13.8. The van der Waals surface area contributed by atoms with Crippen LogP contribution in [0.4, 0.5) is 5.69 Å². The minimum atomic E-state index is -3.52. The number of benzene rings is 2. The van der Waals surface area contributed by atoms with Crippen LogP contribution in [0.5, 0.6) is 0 Å². The molecular formula is C31H42N4O7S. The fourth-order valence-electron chi connectivity index (χ4n) is 5.74. The van der Waals surface area contributed by atoms with E-state index in [0.717, 1.165) is 47.7 Å². The van der Waals surface area contributed by atoms with E-state index in [1.807, 2.05) is 47.2 Å². The van der Waals surface area contributed by atoms with Gasteiger partial charge >= 0.3 is 0 Å². The molecule has 1 saturated heterocycles. The summed E-state index contributed by atoms with van der Waals surface area (Å²) in [5, 5.41) is 25.6. The van der Waals surface area contributed by atoms with Gasteiger partial charge in [-0.05, 0) is 48.9 Å². The van der Waals surface area contributed by atoms with E-state index in [1.165, 1.54) is 4.31 Å². The molecule has 1 fully saturated rings. The first-order valence-electron chi connectivity index (χ1n) is 14.7. The number of nitrogens with one attached hydrogen (secondary N) is 2. The summed E-state index contributed by atoms with van der Waals surface area (Å²) in [6.45, 7) is 3.98. The summed E-state index contributed by atoms with van der Waals surface area (Å²) in [6, 6.07) is 13.1. The lowest BCUT2D eigenvalue weighted by atomic mass is 9.99. The first-order valence-corrected chi connectivity index (χ1v) is 16.3. The van der Waals surface area contributed by atoms with Crippen molar-refractivity contribution in [3.63, 3.8) is 0 Å². The van der Waals surface area contributed by atoms with Crippen molar-refractivity contribution in [3.05, 3.63) is 65.4 Å². The predicted molar refractivity (Wildman–Crippen MR) is 166 cm³/mol. The number of sulfonamides is 1. The molecule has 1 amide bonds. The Kier molecular flexibility index (Phi) is 11.2. The number of hydrogen-bond donors (Lipinski definition) is 4. The molecule has 0 bridgehead atoms. The maximum atomic E-state index is 13.8. The number of carboxylic acid groups (broad SMARTS) is 1. The number of hydrogen-bond acceptors (Lipinski definition) is 7. The van der Waals surface area contributed by atoms with E-state index in [0.29, 0.717) is 44.0 Å². The molecule has 2 aromatic carbocycles. The molecule has 0 radical (unpaired) electrons. The molecule has 2 atom stereocenters. The van der Waals surface area contributed by atoms with Crippen LogP contribution >= 0.6 is 0 Å². The van der Waals surface area contributed by atoms with Gasteiger partial charge < -0.3 is 30.2 Å². The van der Waals surface area contributed by atoms with Crippen molar-refractivity contribution in [1.82, 2.24) is 15.2 Å². The summed E-state index contributed by atoms with van der Waals surface area (Å²) in [4.78, 5) is 22.1. The summed E-state index contributed by atoms with van der Waals surface area (Å²) in [5.74, 6) is -0.338. The molecule has 1 aromatic heterocycles. The number of anilines is 1. The van der Waals surface area contributed by atoms with Crippen molar-refractivity contribution < 1.29 is 33.0 Å². The molecule has 11 nitrogen and oxygen atoms in total. The number of rotatable bonds is 10. The van der Waals surface area contributed by atoms with Crippen LogP contribution in [0.25, 0.3) is 10.9 Å². The van der Waals surface area contributed by atoms with Crippen LogP contribution < -0.4 is 14.9 Å². The number of aryl methyl sites for hydroxylation is 2. The van der Waals surface area contributed by atoms with Gasteiger partial charge in [-0.25, -0.2) is 8.42 Å². The highest BCUT2D eigenvalue weighted by Gasteiger charge is 2.30. The second-order valence-electron chi connectivity index (χ2n) is 11.0. The third-order valence-electron chi connectivity index (χ3n) is 8.08. The highest BCUT2D eigenvalue weighted by atomic mass is 32.2. The Balaban J connectivity index is 0.00000135. The highest BCUT2D eigenvalue weighted by Crippen LogP contribution is 2.36. The Labute approximate surface area is 252 Å². The predicted octanol–water partition coefficient (Wildman–Crippen LogP) is 2.54. The van der Waals surface area contributed by atoms with Crippen molar-refractivity contribution >= 4 is 39.0 Å². The average molecular weight is 615 g/mol. The molecule has 0 unspecified atom stereocenters. The summed E-state index contributed by atoms with van der Waals surface area (Å²) < 4.78 is 34.6. The Hall–Kier alpha value is -3.45. The number of aliphatic hydroxyl groups is 1. The quantitative estimate of drug-likeness (QED) is 0.255. The molecule has 234 valence electrons. The molecule has 4 N–H and O–H groups in total. The molecule has 2 aliphatic heterocycles. The van der Waals surface area contributed by atoms with E-state index >= 15 is 0 Å². The zero-order valence-electron chi connectivity index (χ0n) is 24.7. The van der Waals surface area contributed by atoms with Crippen LogP contribution in [0.15, 0.2) is 48.7 Å². The largest absolute Gasteiger partial charge is 0.483 e. The molecule has 0 saturated carbocycles. The molecule has 0 aliphatic carbocycles. The molecule has 0 spiro atoms. The van der Waals surface area contributed by atoms with Gasteiger partial charge in [0.15, 0.2) is 0 Å². The Morgan fingerprint density at radius 2 is 1.88 bits per heavy atom. The second kappa shape index (κ2) is 14.8. The molecule has 5 rings (SSSR count). The smallest absolute Gasteiger partial charge is 0.290 e. The number of carbonyl (C=O) groups is 2. The van der Waals surface area contributed by atoms with Crippen molar-refractivity contribution in [2.45, 2.75) is 63.8 Å². The van der Waals surface area contributed by atoms with E-state index in [9.17, 15) is 18.3 Å². The number of nitrogens with zero attached hydrogens (tertiary/aromatic N) is 2. The lowest BCUT2D eigenvalue weighted by Crippen LogP contribution is -2.50. The van der Waals surface area contributed by atoms with Crippen LogP contribution in [0.1, 0.15) is 47.7 Å². The van der Waals surface area contributed by atoms with Crippen molar-refractivity contribution in [1.29, 1.82) is 0 Å². The molecular weight excluding hydrogens is 572 g/mol. The van der Waals surface area contributed by atoms with Gasteiger partial charge in [0.2, 0.25) is 10.0 Å². The topological polar surface area (TPSA) is 150 Å². The number of aliphatic hydroxyl groups excluding tert-OH is 1. The van der Waals surface area contributed by atoms with Crippen LogP contribution in [-0.4, -0.2) is 86.3 Å². The van der Waals surface area contributed by atoms with Gasteiger partial charge in [-0.15, -0.1) is 0 Å². The normalized spacial score (nSPS) is 17.8. The maximum Gasteiger partial charge on any atom is 0.290 e. The lowest BCUT2D eigenvalue weighted by Gasteiger charge is -2.28. The standard InChI is InChI=1S/C30H40N4O5S.CH2O2/c1-3-7-22-20-34-12-15-40(37,38)33(2)27-18-23(17-25(22)29(27)34)30(36)32-26(16-21-8-5-4-6-9-21)28(35)19-31-24-10-13-39-14-11-24;2-1-3/h4-6,8-9,17-18,20,24,26,28,31,35H,3,7,10-16,19H2,1-2H3,(H,32,36);1H,(H,2,3)/t26-,28+;/m0./s1. The monoisotopic (exact) mass is 614 g/mol. The number of amides is 1. The van der Waals surface area contributed by atoms with Gasteiger partial charge in [-0.2, -0.15) is 0 Å². The SMILES string of the molecule is CCCc1cn2c3c(cc(C(=O)N[C@@H](Cc4ccccc4)[C@H](O)CNC4CCOCC4)cc13)N(C)S(=O)(=O)CC2.O=CO. The zero-order valence-corrected chi connectivity index (χ0v) is 25.6. The van der Waals surface area contributed by atoms with Gasteiger partial charge in [-0.3, -0.25) is 13.9 Å². The average Bonchev–Trinajstić information content (AvgIpc) is 3.32. The van der Waals surface area contributed by atoms with Crippen LogP contribution in [0.3, 0.4) is 0 Å². The van der Waals surface area contributed by atoms with Crippen molar-refractivity contribution in [3.8, 4) is 0 Å². The molecule has 2 aliphatic rings. The third-order valence-corrected chi connectivity index (χ3v) is 9.81. The van der Waals surface area contributed by atoms with Crippen LogP contribution in [-0.2, 0) is 38.9 Å². The molecule has 43 heavy (non-hydrogen) atoms. The third kappa shape index (κ3) is 7.94. The van der Waals surface area contributed by atoms with E-state index in [1.54, 1.807) is 13.1 Å². The molecule has 12 heteroatoms. The van der Waals surface area contributed by atoms with E-state index in [-0.39, 0.29) is 24.2 Å². The molecule has 3 heterocycles. The van der Waals surface area contributed by atoms with E-state index in [4.69, 9.17) is 14.6 Å². The summed E-state index contributed by atoms with van der Waals surface area (Å²) in [6.07, 6.45) is 5.21. The number of aromatic nitrogens is 1.